The molecule has 0 nitrogen and oxygen atoms in total. The molecule has 0 saturated heterocycles. The van der Waals surface area contributed by atoms with Crippen LogP contribution in [0.4, 0.5) is 0 Å². The molecule has 0 spiro atoms. The SMILES string of the molecule is C1CCC(CC2CCCC2)C1.CC. The second kappa shape index (κ2) is 6.45. The third-order valence-corrected chi connectivity index (χ3v) is 3.62. The minimum absolute atomic E-state index is 1.14. The maximum Gasteiger partial charge on any atom is -0.0412 e. The van der Waals surface area contributed by atoms with Crippen LogP contribution in [0.5, 0.6) is 0 Å². The van der Waals surface area contributed by atoms with Gasteiger partial charge in [-0.1, -0.05) is 65.2 Å². The van der Waals surface area contributed by atoms with Gasteiger partial charge in [0.2, 0.25) is 0 Å². The lowest BCUT2D eigenvalue weighted by atomic mass is 9.92. The standard InChI is InChI=1S/C11H20.C2H6/c1-2-6-10(5-1)9-11-7-3-4-8-11;1-2/h10-11H,1-9H2;1-2H3. The molecule has 0 heterocycles. The summed E-state index contributed by atoms with van der Waals surface area (Å²) in [7, 11) is 0. The summed E-state index contributed by atoms with van der Waals surface area (Å²) >= 11 is 0. The highest BCUT2D eigenvalue weighted by atomic mass is 14.3. The van der Waals surface area contributed by atoms with Crippen molar-refractivity contribution >= 4 is 0 Å². The van der Waals surface area contributed by atoms with Crippen LogP contribution in [0.15, 0.2) is 0 Å². The second-order valence-corrected chi connectivity index (χ2v) is 4.54. The van der Waals surface area contributed by atoms with Gasteiger partial charge < -0.3 is 0 Å². The highest BCUT2D eigenvalue weighted by molar-refractivity contribution is 4.74. The smallest absolute Gasteiger partial charge is 0.0412 e. The molecule has 0 aliphatic heterocycles. The summed E-state index contributed by atoms with van der Waals surface area (Å²) in [4.78, 5) is 0. The molecule has 2 aliphatic rings. The molecule has 0 N–H and O–H groups in total. The first-order valence-corrected chi connectivity index (χ1v) is 6.45. The van der Waals surface area contributed by atoms with Gasteiger partial charge in [-0.25, -0.2) is 0 Å². The van der Waals surface area contributed by atoms with Crippen LogP contribution in [0.2, 0.25) is 0 Å². The number of hydrogen-bond acceptors (Lipinski definition) is 0. The van der Waals surface area contributed by atoms with E-state index < -0.39 is 0 Å². The highest BCUT2D eigenvalue weighted by Crippen LogP contribution is 2.36. The summed E-state index contributed by atoms with van der Waals surface area (Å²) in [6.07, 6.45) is 13.9. The molecule has 0 aromatic rings. The van der Waals surface area contributed by atoms with Crippen molar-refractivity contribution in [2.45, 2.75) is 71.6 Å². The van der Waals surface area contributed by atoms with Crippen LogP contribution in [-0.4, -0.2) is 0 Å². The lowest BCUT2D eigenvalue weighted by Gasteiger charge is -2.13. The highest BCUT2D eigenvalue weighted by Gasteiger charge is 2.22. The Morgan fingerprint density at radius 3 is 1.31 bits per heavy atom. The Hall–Kier alpha value is 0. The van der Waals surface area contributed by atoms with Crippen molar-refractivity contribution in [3.05, 3.63) is 0 Å². The van der Waals surface area contributed by atoms with Crippen molar-refractivity contribution in [2.24, 2.45) is 11.8 Å². The fourth-order valence-corrected chi connectivity index (χ4v) is 2.96. The first-order chi connectivity index (χ1) is 6.45. The predicted octanol–water partition coefficient (Wildman–Crippen LogP) is 4.78. The zero-order valence-corrected chi connectivity index (χ0v) is 9.52. The fraction of sp³-hybridized carbons (Fsp3) is 1.00. The fourth-order valence-electron chi connectivity index (χ4n) is 2.96. The maximum atomic E-state index is 2.00. The first kappa shape index (κ1) is 11.1. The number of rotatable bonds is 2. The molecule has 2 fully saturated rings. The predicted molar refractivity (Wildman–Crippen MR) is 59.9 cm³/mol. The van der Waals surface area contributed by atoms with E-state index in [-0.39, 0.29) is 0 Å². The molecule has 0 aromatic carbocycles. The monoisotopic (exact) mass is 182 g/mol. The van der Waals surface area contributed by atoms with E-state index in [0.29, 0.717) is 0 Å². The van der Waals surface area contributed by atoms with E-state index in [9.17, 15) is 0 Å². The number of hydrogen-bond donors (Lipinski definition) is 0. The second-order valence-electron chi connectivity index (χ2n) is 4.54. The van der Waals surface area contributed by atoms with Gasteiger partial charge in [-0.05, 0) is 18.3 Å². The Morgan fingerprint density at radius 1 is 0.692 bits per heavy atom. The normalized spacial score (nSPS) is 24.5. The maximum absolute atomic E-state index is 2.00. The Bertz CT molecular complexity index is 91.2. The van der Waals surface area contributed by atoms with Crippen LogP contribution in [0.25, 0.3) is 0 Å². The van der Waals surface area contributed by atoms with Crippen molar-refractivity contribution in [2.75, 3.05) is 0 Å². The van der Waals surface area contributed by atoms with Gasteiger partial charge >= 0.3 is 0 Å². The van der Waals surface area contributed by atoms with Gasteiger partial charge in [0.15, 0.2) is 0 Å². The zero-order valence-electron chi connectivity index (χ0n) is 9.52. The summed E-state index contributed by atoms with van der Waals surface area (Å²) in [6.45, 7) is 4.00. The van der Waals surface area contributed by atoms with Gasteiger partial charge in [-0.2, -0.15) is 0 Å². The Kier molecular flexibility index (Phi) is 5.50. The summed E-state index contributed by atoms with van der Waals surface area (Å²) in [5.41, 5.74) is 0. The van der Waals surface area contributed by atoms with Crippen molar-refractivity contribution in [1.82, 2.24) is 0 Å². The molecule has 2 saturated carbocycles. The van der Waals surface area contributed by atoms with E-state index in [1.54, 1.807) is 32.1 Å². The van der Waals surface area contributed by atoms with E-state index in [1.807, 2.05) is 13.8 Å². The Morgan fingerprint density at radius 2 is 1.00 bits per heavy atom. The van der Waals surface area contributed by atoms with Gasteiger partial charge in [-0.15, -0.1) is 0 Å². The van der Waals surface area contributed by atoms with Crippen molar-refractivity contribution in [3.8, 4) is 0 Å². The molecule has 2 aliphatic carbocycles. The molecule has 0 unspecified atom stereocenters. The zero-order chi connectivity index (χ0) is 9.52. The summed E-state index contributed by atoms with van der Waals surface area (Å²) in [5.74, 6) is 2.27. The molecule has 0 heteroatoms. The molecular weight excluding hydrogens is 156 g/mol. The van der Waals surface area contributed by atoms with Gasteiger partial charge in [0, 0.05) is 0 Å². The average Bonchev–Trinajstić information content (AvgIpc) is 2.81. The molecule has 0 radical (unpaired) electrons. The van der Waals surface area contributed by atoms with Crippen LogP contribution in [0.1, 0.15) is 71.6 Å². The summed E-state index contributed by atoms with van der Waals surface area (Å²) in [6, 6.07) is 0. The van der Waals surface area contributed by atoms with Crippen molar-refractivity contribution in [1.29, 1.82) is 0 Å². The van der Waals surface area contributed by atoms with Gasteiger partial charge in [-0.3, -0.25) is 0 Å². The largest absolute Gasteiger partial charge is 0.0683 e. The summed E-state index contributed by atoms with van der Waals surface area (Å²) in [5, 5.41) is 0. The van der Waals surface area contributed by atoms with E-state index in [4.69, 9.17) is 0 Å². The average molecular weight is 182 g/mol. The van der Waals surface area contributed by atoms with Crippen molar-refractivity contribution < 1.29 is 0 Å². The van der Waals surface area contributed by atoms with Crippen LogP contribution in [0, 0.1) is 11.8 Å². The lowest BCUT2D eigenvalue weighted by Crippen LogP contribution is -2.01. The van der Waals surface area contributed by atoms with E-state index in [0.717, 1.165) is 11.8 Å². The van der Waals surface area contributed by atoms with Crippen LogP contribution >= 0.6 is 0 Å². The molecule has 0 atom stereocenters. The van der Waals surface area contributed by atoms with Crippen LogP contribution in [-0.2, 0) is 0 Å². The Labute approximate surface area is 84.1 Å². The van der Waals surface area contributed by atoms with Gasteiger partial charge in [0.05, 0.1) is 0 Å². The van der Waals surface area contributed by atoms with E-state index in [2.05, 4.69) is 0 Å². The topological polar surface area (TPSA) is 0 Å². The van der Waals surface area contributed by atoms with Crippen LogP contribution < -0.4 is 0 Å². The van der Waals surface area contributed by atoms with E-state index in [1.165, 1.54) is 25.7 Å². The first-order valence-electron chi connectivity index (χ1n) is 6.45. The quantitative estimate of drug-likeness (QED) is 0.576. The van der Waals surface area contributed by atoms with E-state index >= 15 is 0 Å². The molecule has 0 bridgehead atoms. The Balaban J connectivity index is 0.000000396. The molecule has 13 heavy (non-hydrogen) atoms. The van der Waals surface area contributed by atoms with Crippen molar-refractivity contribution in [3.63, 3.8) is 0 Å². The molecule has 0 aromatic heterocycles. The minimum Gasteiger partial charge on any atom is -0.0683 e. The third-order valence-electron chi connectivity index (χ3n) is 3.62. The molecule has 0 amide bonds. The van der Waals surface area contributed by atoms with Gasteiger partial charge in [0.25, 0.3) is 0 Å². The third kappa shape index (κ3) is 3.70. The lowest BCUT2D eigenvalue weighted by molar-refractivity contribution is 0.382. The summed E-state index contributed by atoms with van der Waals surface area (Å²) < 4.78 is 0. The molecule has 78 valence electrons. The minimum atomic E-state index is 1.14. The van der Waals surface area contributed by atoms with Crippen LogP contribution in [0.3, 0.4) is 0 Å². The molecule has 2 rings (SSSR count). The van der Waals surface area contributed by atoms with Gasteiger partial charge in [0.1, 0.15) is 0 Å². The molecular formula is C13H26.